The van der Waals surface area contributed by atoms with Crippen molar-refractivity contribution in [1.29, 1.82) is 0 Å². The minimum atomic E-state index is -1.08. The van der Waals surface area contributed by atoms with E-state index in [2.05, 4.69) is 6.92 Å². The van der Waals surface area contributed by atoms with Gasteiger partial charge in [0.1, 0.15) is 0 Å². The second-order valence-corrected chi connectivity index (χ2v) is 8.93. The van der Waals surface area contributed by atoms with E-state index in [4.69, 9.17) is 0 Å². The Morgan fingerprint density at radius 3 is 1.07 bits per heavy atom. The van der Waals surface area contributed by atoms with E-state index in [1.165, 1.54) is 135 Å². The first-order valence-electron chi connectivity index (χ1n) is 13.1. The number of rotatable bonds is 24. The number of allylic oxidation sites excluding steroid dienone is 1. The molecule has 0 aromatic heterocycles. The monoisotopic (exact) mass is 414 g/mol. The summed E-state index contributed by atoms with van der Waals surface area (Å²) in [7, 11) is 0. The minimum absolute atomic E-state index is 0. The molecule has 0 aliphatic carbocycles. The van der Waals surface area contributed by atoms with E-state index < -0.39 is 5.97 Å². The minimum Gasteiger partial charge on any atom is -0.545 e. The number of hydrogen-bond acceptors (Lipinski definition) is 2. The molecule has 2 nitrogen and oxygen atoms in total. The molecular formula is C27H51LiO2. The van der Waals surface area contributed by atoms with Gasteiger partial charge in [-0.2, -0.15) is 0 Å². The molecule has 0 atom stereocenters. The largest absolute Gasteiger partial charge is 1.00 e. The maximum atomic E-state index is 10.2. The molecule has 0 aliphatic rings. The van der Waals surface area contributed by atoms with Crippen LogP contribution in [0.25, 0.3) is 0 Å². The summed E-state index contributed by atoms with van der Waals surface area (Å²) in [5, 5.41) is 10.2. The van der Waals surface area contributed by atoms with Crippen LogP contribution in [0.3, 0.4) is 0 Å². The van der Waals surface area contributed by atoms with E-state index in [0.29, 0.717) is 0 Å². The average molecular weight is 415 g/mol. The van der Waals surface area contributed by atoms with E-state index in [1.807, 2.05) is 0 Å². The average Bonchev–Trinajstić information content (AvgIpc) is 2.71. The Morgan fingerprint density at radius 1 is 0.533 bits per heavy atom. The molecule has 0 aromatic rings. The molecule has 0 bridgehead atoms. The zero-order valence-electron chi connectivity index (χ0n) is 20.7. The third-order valence-electron chi connectivity index (χ3n) is 5.98. The first-order chi connectivity index (χ1) is 14.3. The van der Waals surface area contributed by atoms with Crippen LogP contribution in [0.4, 0.5) is 0 Å². The smallest absolute Gasteiger partial charge is 0.545 e. The van der Waals surface area contributed by atoms with Gasteiger partial charge in [-0.15, -0.1) is 0 Å². The quantitative estimate of drug-likeness (QED) is 0.122. The molecule has 0 spiro atoms. The van der Waals surface area contributed by atoms with Crippen LogP contribution in [0, 0.1) is 0 Å². The van der Waals surface area contributed by atoms with E-state index in [9.17, 15) is 9.90 Å². The van der Waals surface area contributed by atoms with Crippen LogP contribution in [-0.2, 0) is 4.79 Å². The third-order valence-corrected chi connectivity index (χ3v) is 5.98. The van der Waals surface area contributed by atoms with Gasteiger partial charge in [0.05, 0.1) is 5.97 Å². The zero-order chi connectivity index (χ0) is 21.3. The van der Waals surface area contributed by atoms with Gasteiger partial charge in [0.2, 0.25) is 0 Å². The number of carbonyl (C=O) groups is 1. The number of unbranched alkanes of at least 4 members (excludes halogenated alkanes) is 22. The van der Waals surface area contributed by atoms with E-state index in [1.54, 1.807) is 6.08 Å². The second-order valence-electron chi connectivity index (χ2n) is 8.93. The molecule has 30 heavy (non-hydrogen) atoms. The maximum Gasteiger partial charge on any atom is 1.00 e. The van der Waals surface area contributed by atoms with Gasteiger partial charge in [-0.3, -0.25) is 0 Å². The summed E-state index contributed by atoms with van der Waals surface area (Å²) in [5.74, 6) is -1.08. The molecule has 3 heteroatoms. The molecule has 0 aromatic carbocycles. The van der Waals surface area contributed by atoms with Crippen LogP contribution < -0.4 is 24.0 Å². The van der Waals surface area contributed by atoms with Crippen molar-refractivity contribution in [3.05, 3.63) is 12.2 Å². The van der Waals surface area contributed by atoms with Crippen LogP contribution in [-0.4, -0.2) is 5.97 Å². The summed E-state index contributed by atoms with van der Waals surface area (Å²) in [4.78, 5) is 10.2. The van der Waals surface area contributed by atoms with E-state index in [-0.39, 0.29) is 18.9 Å². The number of carbonyl (C=O) groups excluding carboxylic acids is 1. The van der Waals surface area contributed by atoms with Gasteiger partial charge in [-0.05, 0) is 18.9 Å². The fraction of sp³-hybridized carbons (Fsp3) is 0.889. The van der Waals surface area contributed by atoms with Crippen molar-refractivity contribution in [3.8, 4) is 0 Å². The summed E-state index contributed by atoms with van der Waals surface area (Å²) in [6.07, 6.45) is 34.5. The van der Waals surface area contributed by atoms with Crippen molar-refractivity contribution in [2.75, 3.05) is 0 Å². The fourth-order valence-corrected chi connectivity index (χ4v) is 4.05. The van der Waals surface area contributed by atoms with Crippen LogP contribution in [0.2, 0.25) is 0 Å². The summed E-state index contributed by atoms with van der Waals surface area (Å²) in [5.41, 5.74) is 0. The molecule has 0 amide bonds. The van der Waals surface area contributed by atoms with Crippen molar-refractivity contribution < 1.29 is 28.8 Å². The van der Waals surface area contributed by atoms with Gasteiger partial charge >= 0.3 is 18.9 Å². The molecule has 172 valence electrons. The van der Waals surface area contributed by atoms with Gasteiger partial charge in [0.25, 0.3) is 0 Å². The van der Waals surface area contributed by atoms with Crippen LogP contribution in [0.1, 0.15) is 155 Å². The van der Waals surface area contributed by atoms with Gasteiger partial charge in [0.15, 0.2) is 0 Å². The second kappa shape index (κ2) is 28.8. The zero-order valence-corrected chi connectivity index (χ0v) is 20.7. The Kier molecular flexibility index (Phi) is 30.7. The maximum absolute atomic E-state index is 10.2. The summed E-state index contributed by atoms with van der Waals surface area (Å²) < 4.78 is 0. The number of aliphatic carboxylic acids is 1. The molecular weight excluding hydrogens is 363 g/mol. The first kappa shape index (κ1) is 32.0. The van der Waals surface area contributed by atoms with Crippen molar-refractivity contribution in [2.24, 2.45) is 0 Å². The van der Waals surface area contributed by atoms with Gasteiger partial charge < -0.3 is 9.90 Å². The Morgan fingerprint density at radius 2 is 0.800 bits per heavy atom. The van der Waals surface area contributed by atoms with Crippen molar-refractivity contribution in [2.45, 2.75) is 155 Å². The molecule has 0 aliphatic heterocycles. The molecule has 0 saturated heterocycles. The Balaban J connectivity index is 0. The van der Waals surface area contributed by atoms with E-state index >= 15 is 0 Å². The number of carboxylic acid groups (broad SMARTS) is 1. The standard InChI is InChI=1S/C27H52O2.Li/c1-2-3-4-5-6-7-8-9-10-11-12-13-14-15-16-17-18-19-20-21-22-23-24-25-26-27(28)29;/h25-26H,2-24H2,1H3,(H,28,29);/q;+1/p-1. The van der Waals surface area contributed by atoms with Crippen LogP contribution >= 0.6 is 0 Å². The van der Waals surface area contributed by atoms with Gasteiger partial charge in [-0.1, -0.05) is 148 Å². The molecule has 0 unspecified atom stereocenters. The first-order valence-corrected chi connectivity index (χ1v) is 13.1. The van der Waals surface area contributed by atoms with Crippen molar-refractivity contribution in [1.82, 2.24) is 0 Å². The molecule has 0 fully saturated rings. The number of hydrogen-bond donors (Lipinski definition) is 0. The van der Waals surface area contributed by atoms with Crippen LogP contribution in [0.5, 0.6) is 0 Å². The molecule has 0 radical (unpaired) electrons. The molecule has 0 saturated carbocycles. The topological polar surface area (TPSA) is 40.1 Å². The normalized spacial score (nSPS) is 11.1. The van der Waals surface area contributed by atoms with Crippen molar-refractivity contribution in [3.63, 3.8) is 0 Å². The molecule has 0 N–H and O–H groups in total. The van der Waals surface area contributed by atoms with Crippen molar-refractivity contribution >= 4 is 5.97 Å². The summed E-state index contributed by atoms with van der Waals surface area (Å²) >= 11 is 0. The molecule has 0 heterocycles. The van der Waals surface area contributed by atoms with Crippen LogP contribution in [0.15, 0.2) is 12.2 Å². The van der Waals surface area contributed by atoms with Gasteiger partial charge in [0, 0.05) is 0 Å². The fourth-order valence-electron chi connectivity index (χ4n) is 4.05. The summed E-state index contributed by atoms with van der Waals surface area (Å²) in [6.45, 7) is 2.29. The Hall–Kier alpha value is -0.193. The SMILES string of the molecule is CCCCCCCCCCCCCCCCCCCCCCCCC=CC(=O)[O-].[Li+]. The summed E-state index contributed by atoms with van der Waals surface area (Å²) in [6, 6.07) is 0. The Bertz CT molecular complexity index is 355. The Labute approximate surface area is 201 Å². The predicted molar refractivity (Wildman–Crippen MR) is 126 cm³/mol. The third kappa shape index (κ3) is 30.0. The predicted octanol–water partition coefficient (Wildman–Crippen LogP) is 5.29. The number of carboxylic acids is 1. The molecule has 0 rings (SSSR count). The van der Waals surface area contributed by atoms with E-state index in [0.717, 1.165) is 18.9 Å². The van der Waals surface area contributed by atoms with Gasteiger partial charge in [-0.25, -0.2) is 0 Å².